The summed E-state index contributed by atoms with van der Waals surface area (Å²) in [6, 6.07) is 10.3. The highest BCUT2D eigenvalue weighted by atomic mass is 32.1. The molecule has 1 saturated heterocycles. The number of benzene rings is 1. The summed E-state index contributed by atoms with van der Waals surface area (Å²) in [4.78, 5) is 7.95. The van der Waals surface area contributed by atoms with Gasteiger partial charge in [0.1, 0.15) is 11.5 Å². The van der Waals surface area contributed by atoms with E-state index in [2.05, 4.69) is 21.1 Å². The Morgan fingerprint density at radius 2 is 2.19 bits per heavy atom. The zero-order valence-corrected chi connectivity index (χ0v) is 15.7. The summed E-state index contributed by atoms with van der Waals surface area (Å²) in [6.45, 7) is 1.63. The smallest absolute Gasteiger partial charge is 0.241 e. The molecule has 6 nitrogen and oxygen atoms in total. The lowest BCUT2D eigenvalue weighted by molar-refractivity contribution is 0.209. The van der Waals surface area contributed by atoms with Gasteiger partial charge in [-0.3, -0.25) is 4.90 Å². The van der Waals surface area contributed by atoms with E-state index in [0.29, 0.717) is 18.3 Å². The number of thiophene rings is 1. The van der Waals surface area contributed by atoms with E-state index >= 15 is 0 Å². The minimum Gasteiger partial charge on any atom is -0.497 e. The summed E-state index contributed by atoms with van der Waals surface area (Å²) in [7, 11) is 3.36. The summed E-state index contributed by atoms with van der Waals surface area (Å²) >= 11 is 1.61. The molecule has 0 N–H and O–H groups in total. The lowest BCUT2D eigenvalue weighted by atomic mass is 10.0. The highest BCUT2D eigenvalue weighted by Crippen LogP contribution is 2.39. The molecule has 0 bridgehead atoms. The zero-order valence-electron chi connectivity index (χ0n) is 14.8. The molecule has 0 saturated carbocycles. The second kappa shape index (κ2) is 7.47. The fourth-order valence-electron chi connectivity index (χ4n) is 3.46. The van der Waals surface area contributed by atoms with Crippen molar-refractivity contribution in [2.75, 3.05) is 20.8 Å². The van der Waals surface area contributed by atoms with Crippen LogP contribution in [0.3, 0.4) is 0 Å². The number of likely N-dealkylation sites (tertiary alicyclic amines) is 1. The number of hydrogen-bond donors (Lipinski definition) is 0. The molecule has 2 aromatic heterocycles. The maximum atomic E-state index is 5.60. The molecule has 0 radical (unpaired) electrons. The Kier molecular flexibility index (Phi) is 4.90. The highest BCUT2D eigenvalue weighted by molar-refractivity contribution is 7.13. The quantitative estimate of drug-likeness (QED) is 0.649. The predicted octanol–water partition coefficient (Wildman–Crippen LogP) is 4.15. The summed E-state index contributed by atoms with van der Waals surface area (Å²) in [5, 5.41) is 6.12. The number of hydrogen-bond acceptors (Lipinski definition) is 7. The van der Waals surface area contributed by atoms with Crippen LogP contribution < -0.4 is 9.47 Å². The molecule has 3 aromatic rings. The van der Waals surface area contributed by atoms with E-state index in [-0.39, 0.29) is 6.04 Å². The van der Waals surface area contributed by atoms with Crippen molar-refractivity contribution in [2.24, 2.45) is 0 Å². The van der Waals surface area contributed by atoms with Crippen LogP contribution in [0, 0.1) is 0 Å². The molecule has 0 spiro atoms. The largest absolute Gasteiger partial charge is 0.497 e. The maximum absolute atomic E-state index is 5.60. The van der Waals surface area contributed by atoms with E-state index in [1.54, 1.807) is 25.6 Å². The van der Waals surface area contributed by atoms with Crippen LogP contribution in [0.15, 0.2) is 40.2 Å². The second-order valence-electron chi connectivity index (χ2n) is 6.23. The van der Waals surface area contributed by atoms with Crippen molar-refractivity contribution in [3.05, 3.63) is 47.2 Å². The molecule has 1 aliphatic rings. The van der Waals surface area contributed by atoms with Gasteiger partial charge in [-0.1, -0.05) is 17.3 Å². The Morgan fingerprint density at radius 3 is 2.96 bits per heavy atom. The van der Waals surface area contributed by atoms with Gasteiger partial charge in [-0.25, -0.2) is 0 Å². The number of aromatic nitrogens is 2. The SMILES string of the molecule is COc1ccc([C@@H]2CCCN2Cc2nc(-c3cccs3)no2)c(OC)c1. The predicted molar refractivity (Wildman–Crippen MR) is 99.5 cm³/mol. The molecule has 7 heteroatoms. The van der Waals surface area contributed by atoms with Crippen molar-refractivity contribution in [3.8, 4) is 22.2 Å². The monoisotopic (exact) mass is 371 g/mol. The highest BCUT2D eigenvalue weighted by Gasteiger charge is 2.30. The van der Waals surface area contributed by atoms with Gasteiger partial charge in [0.15, 0.2) is 0 Å². The minimum atomic E-state index is 0.271. The molecular weight excluding hydrogens is 350 g/mol. The van der Waals surface area contributed by atoms with Gasteiger partial charge >= 0.3 is 0 Å². The minimum absolute atomic E-state index is 0.271. The molecule has 1 atom stereocenters. The average Bonchev–Trinajstić information content (AvgIpc) is 3.43. The molecular formula is C19H21N3O3S. The molecule has 1 aromatic carbocycles. The van der Waals surface area contributed by atoms with Gasteiger partial charge in [0.2, 0.25) is 11.7 Å². The van der Waals surface area contributed by atoms with Crippen LogP contribution in [-0.4, -0.2) is 35.8 Å². The average molecular weight is 371 g/mol. The number of rotatable bonds is 6. The molecule has 1 aliphatic heterocycles. The zero-order chi connectivity index (χ0) is 17.9. The topological polar surface area (TPSA) is 60.6 Å². The van der Waals surface area contributed by atoms with E-state index in [1.807, 2.05) is 29.6 Å². The van der Waals surface area contributed by atoms with Crippen molar-refractivity contribution in [1.82, 2.24) is 15.0 Å². The Bertz CT molecular complexity index is 863. The fourth-order valence-corrected chi connectivity index (χ4v) is 4.11. The third-order valence-corrected chi connectivity index (χ3v) is 5.58. The van der Waals surface area contributed by atoms with Gasteiger partial charge in [-0.2, -0.15) is 4.98 Å². The molecule has 136 valence electrons. The summed E-state index contributed by atoms with van der Waals surface area (Å²) in [5.41, 5.74) is 1.17. The van der Waals surface area contributed by atoms with Crippen molar-refractivity contribution in [3.63, 3.8) is 0 Å². The van der Waals surface area contributed by atoms with Crippen molar-refractivity contribution >= 4 is 11.3 Å². The first-order chi connectivity index (χ1) is 12.8. The van der Waals surface area contributed by atoms with Gasteiger partial charge < -0.3 is 14.0 Å². The second-order valence-corrected chi connectivity index (χ2v) is 7.17. The number of nitrogens with zero attached hydrogens (tertiary/aromatic N) is 3. The van der Waals surface area contributed by atoms with Gasteiger partial charge in [0, 0.05) is 17.7 Å². The van der Waals surface area contributed by atoms with Gasteiger partial charge in [0.25, 0.3) is 0 Å². The third-order valence-electron chi connectivity index (χ3n) is 4.71. The fraction of sp³-hybridized carbons (Fsp3) is 0.368. The van der Waals surface area contributed by atoms with E-state index in [0.717, 1.165) is 35.8 Å². The number of ether oxygens (including phenoxy) is 2. The molecule has 0 unspecified atom stereocenters. The molecule has 0 amide bonds. The molecule has 3 heterocycles. The van der Waals surface area contributed by atoms with Gasteiger partial charge in [0.05, 0.1) is 25.6 Å². The van der Waals surface area contributed by atoms with Crippen LogP contribution in [0.5, 0.6) is 11.5 Å². The van der Waals surface area contributed by atoms with Crippen molar-refractivity contribution in [1.29, 1.82) is 0 Å². The summed E-state index contributed by atoms with van der Waals surface area (Å²) in [5.74, 6) is 2.96. The third kappa shape index (κ3) is 3.32. The number of methoxy groups -OCH3 is 2. The van der Waals surface area contributed by atoms with Crippen LogP contribution in [0.4, 0.5) is 0 Å². The van der Waals surface area contributed by atoms with E-state index in [9.17, 15) is 0 Å². The lowest BCUT2D eigenvalue weighted by Crippen LogP contribution is -2.23. The Balaban J connectivity index is 1.54. The standard InChI is InChI=1S/C19H21N3O3S/c1-23-13-7-8-14(16(11-13)24-2)15-5-3-9-22(15)12-18-20-19(21-25-18)17-6-4-10-26-17/h4,6-8,10-11,15H,3,5,9,12H2,1-2H3/t15-/m0/s1. The first-order valence-corrected chi connectivity index (χ1v) is 9.49. The van der Waals surface area contributed by atoms with Crippen LogP contribution in [-0.2, 0) is 6.54 Å². The van der Waals surface area contributed by atoms with Crippen LogP contribution in [0.2, 0.25) is 0 Å². The van der Waals surface area contributed by atoms with Crippen molar-refractivity contribution < 1.29 is 14.0 Å². The van der Waals surface area contributed by atoms with Gasteiger partial charge in [-0.05, 0) is 36.9 Å². The first kappa shape index (κ1) is 17.1. The van der Waals surface area contributed by atoms with E-state index in [1.165, 1.54) is 5.56 Å². The van der Waals surface area contributed by atoms with Crippen LogP contribution in [0.25, 0.3) is 10.7 Å². The molecule has 26 heavy (non-hydrogen) atoms. The molecule has 1 fully saturated rings. The summed E-state index contributed by atoms with van der Waals surface area (Å²) in [6.07, 6.45) is 2.21. The normalized spacial score (nSPS) is 17.5. The van der Waals surface area contributed by atoms with Crippen LogP contribution in [0.1, 0.15) is 30.3 Å². The first-order valence-electron chi connectivity index (χ1n) is 8.61. The van der Waals surface area contributed by atoms with Crippen LogP contribution >= 0.6 is 11.3 Å². The van der Waals surface area contributed by atoms with Gasteiger partial charge in [-0.15, -0.1) is 11.3 Å². The lowest BCUT2D eigenvalue weighted by Gasteiger charge is -2.25. The summed E-state index contributed by atoms with van der Waals surface area (Å²) < 4.78 is 16.4. The maximum Gasteiger partial charge on any atom is 0.241 e. The van der Waals surface area contributed by atoms with Crippen molar-refractivity contribution in [2.45, 2.75) is 25.4 Å². The van der Waals surface area contributed by atoms with E-state index in [4.69, 9.17) is 14.0 Å². The molecule has 0 aliphatic carbocycles. The Labute approximate surface area is 156 Å². The Hall–Kier alpha value is -2.38. The Morgan fingerprint density at radius 1 is 1.27 bits per heavy atom. The van der Waals surface area contributed by atoms with E-state index < -0.39 is 0 Å². The molecule has 4 rings (SSSR count).